The minimum atomic E-state index is -0.282. The number of carbonyl (C=O) groups is 2. The minimum Gasteiger partial charge on any atom is -0.395 e. The SMILES string of the molecule is COCCN(CCO)C(=O)C1CC(=O)N(C)C1. The van der Waals surface area contributed by atoms with Crippen molar-refractivity contribution in [2.45, 2.75) is 6.42 Å². The van der Waals surface area contributed by atoms with Gasteiger partial charge in [0.1, 0.15) is 0 Å². The molecule has 0 aliphatic carbocycles. The first kappa shape index (κ1) is 13.9. The summed E-state index contributed by atoms with van der Waals surface area (Å²) in [5, 5.41) is 8.92. The Kier molecular flexibility index (Phi) is 5.37. The van der Waals surface area contributed by atoms with Crippen LogP contribution >= 0.6 is 0 Å². The molecule has 1 N–H and O–H groups in total. The first-order valence-electron chi connectivity index (χ1n) is 5.72. The number of aliphatic hydroxyl groups is 1. The number of hydrogen-bond donors (Lipinski definition) is 1. The largest absolute Gasteiger partial charge is 0.395 e. The molecule has 0 saturated carbocycles. The maximum atomic E-state index is 12.1. The third-order valence-electron chi connectivity index (χ3n) is 2.94. The van der Waals surface area contributed by atoms with E-state index in [-0.39, 0.29) is 37.3 Å². The van der Waals surface area contributed by atoms with Gasteiger partial charge in [-0.15, -0.1) is 0 Å². The van der Waals surface area contributed by atoms with E-state index in [2.05, 4.69) is 0 Å². The molecule has 0 spiro atoms. The normalized spacial score (nSPS) is 19.8. The highest BCUT2D eigenvalue weighted by Gasteiger charge is 2.34. The van der Waals surface area contributed by atoms with Gasteiger partial charge < -0.3 is 19.6 Å². The van der Waals surface area contributed by atoms with Crippen molar-refractivity contribution >= 4 is 11.8 Å². The summed E-state index contributed by atoms with van der Waals surface area (Å²) in [5.74, 6) is -0.358. The number of methoxy groups -OCH3 is 1. The van der Waals surface area contributed by atoms with Gasteiger partial charge in [0.2, 0.25) is 11.8 Å². The summed E-state index contributed by atoms with van der Waals surface area (Å²) in [6.07, 6.45) is 0.268. The van der Waals surface area contributed by atoms with Gasteiger partial charge >= 0.3 is 0 Å². The standard InChI is InChI=1S/C11H20N2O4/c1-12-8-9(7-10(12)15)11(16)13(3-5-14)4-6-17-2/h9,14H,3-8H2,1-2H3. The van der Waals surface area contributed by atoms with Gasteiger partial charge in [0.25, 0.3) is 0 Å². The number of ether oxygens (including phenoxy) is 1. The van der Waals surface area contributed by atoms with Crippen LogP contribution in [0.4, 0.5) is 0 Å². The third-order valence-corrected chi connectivity index (χ3v) is 2.94. The molecule has 0 aromatic rings. The molecule has 0 aromatic heterocycles. The monoisotopic (exact) mass is 244 g/mol. The quantitative estimate of drug-likeness (QED) is 0.646. The highest BCUT2D eigenvalue weighted by molar-refractivity contribution is 5.89. The summed E-state index contributed by atoms with van der Waals surface area (Å²) in [6.45, 7) is 1.56. The Morgan fingerprint density at radius 2 is 2.29 bits per heavy atom. The Labute approximate surface area is 101 Å². The van der Waals surface area contributed by atoms with Crippen molar-refractivity contribution in [1.29, 1.82) is 0 Å². The molecule has 0 aromatic carbocycles. The molecule has 98 valence electrons. The number of amides is 2. The lowest BCUT2D eigenvalue weighted by molar-refractivity contribution is -0.136. The molecule has 1 heterocycles. The molecule has 0 bridgehead atoms. The number of nitrogens with zero attached hydrogens (tertiary/aromatic N) is 2. The molecule has 1 aliphatic heterocycles. The highest BCUT2D eigenvalue weighted by atomic mass is 16.5. The van der Waals surface area contributed by atoms with Gasteiger partial charge in [0.05, 0.1) is 19.1 Å². The van der Waals surface area contributed by atoms with E-state index in [9.17, 15) is 9.59 Å². The van der Waals surface area contributed by atoms with Crippen molar-refractivity contribution in [1.82, 2.24) is 9.80 Å². The Hall–Kier alpha value is -1.14. The first-order chi connectivity index (χ1) is 8.10. The Morgan fingerprint density at radius 1 is 1.59 bits per heavy atom. The molecule has 1 fully saturated rings. The van der Waals surface area contributed by atoms with Gasteiger partial charge in [-0.3, -0.25) is 9.59 Å². The Balaban J connectivity index is 2.55. The van der Waals surface area contributed by atoms with E-state index in [0.29, 0.717) is 19.7 Å². The predicted octanol–water partition coefficient (Wildman–Crippen LogP) is -1.07. The molecular formula is C11H20N2O4. The van der Waals surface area contributed by atoms with Crippen molar-refractivity contribution in [3.63, 3.8) is 0 Å². The average Bonchev–Trinajstić information content (AvgIpc) is 2.64. The van der Waals surface area contributed by atoms with Crippen LogP contribution in [0.1, 0.15) is 6.42 Å². The molecule has 2 amide bonds. The molecule has 1 aliphatic rings. The van der Waals surface area contributed by atoms with E-state index in [1.165, 1.54) is 0 Å². The summed E-state index contributed by atoms with van der Waals surface area (Å²) in [6, 6.07) is 0. The van der Waals surface area contributed by atoms with Gasteiger partial charge in [-0.2, -0.15) is 0 Å². The predicted molar refractivity (Wildman–Crippen MR) is 61.3 cm³/mol. The molecule has 17 heavy (non-hydrogen) atoms. The second-order valence-electron chi connectivity index (χ2n) is 4.22. The zero-order valence-corrected chi connectivity index (χ0v) is 10.4. The van der Waals surface area contributed by atoms with Crippen molar-refractivity contribution in [3.8, 4) is 0 Å². The minimum absolute atomic E-state index is 0.000889. The average molecular weight is 244 g/mol. The van der Waals surface area contributed by atoms with Crippen molar-refractivity contribution in [2.75, 3.05) is 47.0 Å². The van der Waals surface area contributed by atoms with Gasteiger partial charge in [0.15, 0.2) is 0 Å². The van der Waals surface area contributed by atoms with Crippen LogP contribution in [0.5, 0.6) is 0 Å². The summed E-state index contributed by atoms with van der Waals surface area (Å²) in [4.78, 5) is 26.6. The molecule has 1 atom stereocenters. The van der Waals surface area contributed by atoms with E-state index < -0.39 is 0 Å². The third kappa shape index (κ3) is 3.67. The van der Waals surface area contributed by atoms with Gasteiger partial charge in [0, 0.05) is 40.2 Å². The molecule has 1 unspecified atom stereocenters. The van der Waals surface area contributed by atoms with Crippen molar-refractivity contribution in [2.24, 2.45) is 5.92 Å². The van der Waals surface area contributed by atoms with Crippen LogP contribution in [-0.4, -0.2) is 73.7 Å². The number of aliphatic hydroxyl groups excluding tert-OH is 1. The van der Waals surface area contributed by atoms with Gasteiger partial charge in [-0.25, -0.2) is 0 Å². The van der Waals surface area contributed by atoms with Crippen LogP contribution < -0.4 is 0 Å². The van der Waals surface area contributed by atoms with Crippen LogP contribution in [-0.2, 0) is 14.3 Å². The topological polar surface area (TPSA) is 70.1 Å². The number of likely N-dealkylation sites (tertiary alicyclic amines) is 1. The fourth-order valence-electron chi connectivity index (χ4n) is 1.94. The zero-order chi connectivity index (χ0) is 12.8. The smallest absolute Gasteiger partial charge is 0.228 e. The lowest BCUT2D eigenvalue weighted by atomic mass is 10.1. The molecule has 6 nitrogen and oxygen atoms in total. The van der Waals surface area contributed by atoms with E-state index >= 15 is 0 Å². The van der Waals surface area contributed by atoms with Crippen molar-refractivity contribution < 1.29 is 19.4 Å². The van der Waals surface area contributed by atoms with Gasteiger partial charge in [-0.1, -0.05) is 0 Å². The number of carbonyl (C=O) groups excluding carboxylic acids is 2. The summed E-state index contributed by atoms with van der Waals surface area (Å²) in [7, 11) is 3.26. The van der Waals surface area contributed by atoms with E-state index in [4.69, 9.17) is 9.84 Å². The van der Waals surface area contributed by atoms with Crippen LogP contribution in [0.2, 0.25) is 0 Å². The zero-order valence-electron chi connectivity index (χ0n) is 10.4. The Morgan fingerprint density at radius 3 is 2.76 bits per heavy atom. The summed E-state index contributed by atoms with van der Waals surface area (Å²) in [5.41, 5.74) is 0. The Bertz CT molecular complexity index is 283. The summed E-state index contributed by atoms with van der Waals surface area (Å²) < 4.78 is 4.92. The molecule has 1 saturated heterocycles. The highest BCUT2D eigenvalue weighted by Crippen LogP contribution is 2.18. The molecule has 6 heteroatoms. The lowest BCUT2D eigenvalue weighted by Crippen LogP contribution is -2.40. The van der Waals surface area contributed by atoms with E-state index in [0.717, 1.165) is 0 Å². The van der Waals surface area contributed by atoms with Crippen molar-refractivity contribution in [3.05, 3.63) is 0 Å². The van der Waals surface area contributed by atoms with Crippen LogP contribution in [0.15, 0.2) is 0 Å². The number of hydrogen-bond acceptors (Lipinski definition) is 4. The molecule has 1 rings (SSSR count). The number of rotatable bonds is 6. The van der Waals surface area contributed by atoms with E-state index in [1.54, 1.807) is 24.0 Å². The maximum absolute atomic E-state index is 12.1. The summed E-state index contributed by atoms with van der Waals surface area (Å²) >= 11 is 0. The van der Waals surface area contributed by atoms with Gasteiger partial charge in [-0.05, 0) is 0 Å². The molecular weight excluding hydrogens is 224 g/mol. The van der Waals surface area contributed by atoms with Crippen LogP contribution in [0.3, 0.4) is 0 Å². The maximum Gasteiger partial charge on any atom is 0.228 e. The fraction of sp³-hybridized carbons (Fsp3) is 0.818. The molecule has 0 radical (unpaired) electrons. The fourth-order valence-corrected chi connectivity index (χ4v) is 1.94. The second kappa shape index (κ2) is 6.56. The van der Waals surface area contributed by atoms with Crippen LogP contribution in [0.25, 0.3) is 0 Å². The van der Waals surface area contributed by atoms with E-state index in [1.807, 2.05) is 0 Å². The van der Waals surface area contributed by atoms with Crippen LogP contribution in [0, 0.1) is 5.92 Å². The second-order valence-corrected chi connectivity index (χ2v) is 4.22. The lowest BCUT2D eigenvalue weighted by Gasteiger charge is -2.24. The first-order valence-corrected chi connectivity index (χ1v) is 5.72.